The van der Waals surface area contributed by atoms with Gasteiger partial charge in [0.15, 0.2) is 0 Å². The van der Waals surface area contributed by atoms with E-state index in [4.69, 9.17) is 0 Å². The Labute approximate surface area is 108 Å². The molecule has 1 aromatic carbocycles. The number of hydrogen-bond donors (Lipinski definition) is 1. The molecule has 1 N–H and O–H groups in total. The van der Waals surface area contributed by atoms with Gasteiger partial charge in [0, 0.05) is 32.2 Å². The molecule has 3 rings (SSSR count). The second-order valence-electron chi connectivity index (χ2n) is 5.27. The zero-order valence-corrected chi connectivity index (χ0v) is 10.6. The van der Waals surface area contributed by atoms with Gasteiger partial charge in [0.25, 0.3) is 0 Å². The average Bonchev–Trinajstić information content (AvgIpc) is 3.26. The van der Waals surface area contributed by atoms with Crippen molar-refractivity contribution in [2.75, 3.05) is 26.2 Å². The molecule has 0 amide bonds. The van der Waals surface area contributed by atoms with Crippen LogP contribution in [0.3, 0.4) is 0 Å². The number of nitrogens with one attached hydrogen (secondary N) is 1. The van der Waals surface area contributed by atoms with Crippen LogP contribution in [0.5, 0.6) is 0 Å². The summed E-state index contributed by atoms with van der Waals surface area (Å²) in [5, 5.41) is 12.7. The molecule has 3 heteroatoms. The maximum atomic E-state index is 9.29. The van der Waals surface area contributed by atoms with E-state index in [2.05, 4.69) is 28.4 Å². The van der Waals surface area contributed by atoms with Crippen molar-refractivity contribution in [1.82, 2.24) is 10.2 Å². The van der Waals surface area contributed by atoms with Crippen LogP contribution in [0.25, 0.3) is 0 Å². The Bertz CT molecular complexity index is 453. The molecule has 1 aliphatic heterocycles. The molecule has 1 aliphatic carbocycles. The first-order valence-electron chi connectivity index (χ1n) is 6.84. The number of benzene rings is 1. The van der Waals surface area contributed by atoms with Gasteiger partial charge < -0.3 is 5.32 Å². The molecule has 94 valence electrons. The van der Waals surface area contributed by atoms with Crippen molar-refractivity contribution in [3.63, 3.8) is 0 Å². The third kappa shape index (κ3) is 2.27. The van der Waals surface area contributed by atoms with Crippen molar-refractivity contribution in [2.24, 2.45) is 5.92 Å². The first kappa shape index (κ1) is 11.7. The minimum atomic E-state index is 0.461. The zero-order chi connectivity index (χ0) is 12.4. The first-order chi connectivity index (χ1) is 8.90. The summed E-state index contributed by atoms with van der Waals surface area (Å²) in [6.07, 6.45) is 2.63. The lowest BCUT2D eigenvalue weighted by atomic mass is 9.95. The highest BCUT2D eigenvalue weighted by Gasteiger charge is 2.37. The molecule has 2 aliphatic rings. The zero-order valence-electron chi connectivity index (χ0n) is 10.6. The Hall–Kier alpha value is -1.37. The van der Waals surface area contributed by atoms with Crippen LogP contribution in [0, 0.1) is 17.2 Å². The summed E-state index contributed by atoms with van der Waals surface area (Å²) >= 11 is 0. The number of rotatable bonds is 3. The summed E-state index contributed by atoms with van der Waals surface area (Å²) in [6, 6.07) is 10.9. The molecular formula is C15H19N3. The SMILES string of the molecule is N#Cc1ccccc1[C@H](C1CC1)N1CCNCC1. The molecule has 1 heterocycles. The maximum absolute atomic E-state index is 9.29. The van der Waals surface area contributed by atoms with E-state index >= 15 is 0 Å². The van der Waals surface area contributed by atoms with Crippen LogP contribution in [0.1, 0.15) is 30.0 Å². The minimum Gasteiger partial charge on any atom is -0.314 e. The Morgan fingerprint density at radius 1 is 1.22 bits per heavy atom. The van der Waals surface area contributed by atoms with Crippen LogP contribution in [-0.4, -0.2) is 31.1 Å². The van der Waals surface area contributed by atoms with Gasteiger partial charge >= 0.3 is 0 Å². The maximum Gasteiger partial charge on any atom is 0.0995 e. The lowest BCUT2D eigenvalue weighted by Gasteiger charge is -2.35. The highest BCUT2D eigenvalue weighted by Crippen LogP contribution is 2.45. The van der Waals surface area contributed by atoms with Crippen LogP contribution in [0.4, 0.5) is 0 Å². The summed E-state index contributed by atoms with van der Waals surface area (Å²) in [7, 11) is 0. The van der Waals surface area contributed by atoms with Gasteiger partial charge in [-0.05, 0) is 30.4 Å². The number of piperazine rings is 1. The summed E-state index contributed by atoms with van der Waals surface area (Å²) in [4.78, 5) is 2.56. The fraction of sp³-hybridized carbons (Fsp3) is 0.533. The molecule has 18 heavy (non-hydrogen) atoms. The number of hydrogen-bond acceptors (Lipinski definition) is 3. The molecule has 1 aromatic rings. The van der Waals surface area contributed by atoms with Crippen LogP contribution in [-0.2, 0) is 0 Å². The molecule has 0 radical (unpaired) electrons. The molecule has 0 aromatic heterocycles. The molecule has 0 unspecified atom stereocenters. The molecular weight excluding hydrogens is 222 g/mol. The Balaban J connectivity index is 1.91. The van der Waals surface area contributed by atoms with Crippen molar-refractivity contribution >= 4 is 0 Å². The predicted molar refractivity (Wildman–Crippen MR) is 71.1 cm³/mol. The monoisotopic (exact) mass is 241 g/mol. The summed E-state index contributed by atoms with van der Waals surface area (Å²) in [5.41, 5.74) is 2.09. The molecule has 0 bridgehead atoms. The van der Waals surface area contributed by atoms with Gasteiger partial charge in [-0.3, -0.25) is 4.90 Å². The van der Waals surface area contributed by atoms with Gasteiger partial charge in [0.1, 0.15) is 0 Å². The van der Waals surface area contributed by atoms with Crippen molar-refractivity contribution in [3.8, 4) is 6.07 Å². The smallest absolute Gasteiger partial charge is 0.0995 e. The van der Waals surface area contributed by atoms with E-state index in [0.717, 1.165) is 37.7 Å². The second-order valence-corrected chi connectivity index (χ2v) is 5.27. The lowest BCUT2D eigenvalue weighted by Crippen LogP contribution is -2.45. The highest BCUT2D eigenvalue weighted by atomic mass is 15.2. The van der Waals surface area contributed by atoms with Crippen molar-refractivity contribution in [2.45, 2.75) is 18.9 Å². The summed E-state index contributed by atoms with van der Waals surface area (Å²) in [6.45, 7) is 4.33. The highest BCUT2D eigenvalue weighted by molar-refractivity contribution is 5.40. The van der Waals surface area contributed by atoms with Gasteiger partial charge in [0.2, 0.25) is 0 Å². The van der Waals surface area contributed by atoms with Crippen LogP contribution >= 0.6 is 0 Å². The van der Waals surface area contributed by atoms with E-state index in [9.17, 15) is 5.26 Å². The molecule has 1 atom stereocenters. The fourth-order valence-corrected chi connectivity index (χ4v) is 2.98. The third-order valence-corrected chi connectivity index (χ3v) is 4.01. The van der Waals surface area contributed by atoms with E-state index in [0.29, 0.717) is 6.04 Å². The van der Waals surface area contributed by atoms with Gasteiger partial charge in [0.05, 0.1) is 11.6 Å². The van der Waals surface area contributed by atoms with Crippen molar-refractivity contribution in [1.29, 1.82) is 5.26 Å². The van der Waals surface area contributed by atoms with Crippen LogP contribution in [0.15, 0.2) is 24.3 Å². The van der Waals surface area contributed by atoms with Crippen LogP contribution in [0.2, 0.25) is 0 Å². The van der Waals surface area contributed by atoms with Crippen molar-refractivity contribution in [3.05, 3.63) is 35.4 Å². The van der Waals surface area contributed by atoms with E-state index in [1.165, 1.54) is 18.4 Å². The molecule has 0 spiro atoms. The van der Waals surface area contributed by atoms with E-state index in [-0.39, 0.29) is 0 Å². The van der Waals surface area contributed by atoms with Gasteiger partial charge in [-0.1, -0.05) is 18.2 Å². The topological polar surface area (TPSA) is 39.1 Å². The number of nitrogens with zero attached hydrogens (tertiary/aromatic N) is 2. The molecule has 1 saturated heterocycles. The standard InChI is InChI=1S/C15H19N3/c16-11-13-3-1-2-4-14(13)15(12-5-6-12)18-9-7-17-8-10-18/h1-4,12,15,17H,5-10H2/t15-/m0/s1. The first-order valence-corrected chi connectivity index (χ1v) is 6.84. The predicted octanol–water partition coefficient (Wildman–Crippen LogP) is 1.91. The van der Waals surface area contributed by atoms with Crippen LogP contribution < -0.4 is 5.32 Å². The largest absolute Gasteiger partial charge is 0.314 e. The van der Waals surface area contributed by atoms with Crippen molar-refractivity contribution < 1.29 is 0 Å². The normalized spacial score (nSPS) is 22.4. The average molecular weight is 241 g/mol. The fourth-order valence-electron chi connectivity index (χ4n) is 2.98. The van der Waals surface area contributed by atoms with E-state index in [1.54, 1.807) is 0 Å². The lowest BCUT2D eigenvalue weighted by molar-refractivity contribution is 0.156. The summed E-state index contributed by atoms with van der Waals surface area (Å²) in [5.74, 6) is 0.762. The van der Waals surface area contributed by atoms with Gasteiger partial charge in [-0.25, -0.2) is 0 Å². The minimum absolute atomic E-state index is 0.461. The third-order valence-electron chi connectivity index (χ3n) is 4.01. The molecule has 1 saturated carbocycles. The Morgan fingerprint density at radius 3 is 2.61 bits per heavy atom. The quantitative estimate of drug-likeness (QED) is 0.878. The van der Waals surface area contributed by atoms with E-state index < -0.39 is 0 Å². The second kappa shape index (κ2) is 5.09. The summed E-state index contributed by atoms with van der Waals surface area (Å²) < 4.78 is 0. The number of nitriles is 1. The van der Waals surface area contributed by atoms with Gasteiger partial charge in [-0.2, -0.15) is 5.26 Å². The molecule has 2 fully saturated rings. The van der Waals surface area contributed by atoms with E-state index in [1.807, 2.05) is 12.1 Å². The Morgan fingerprint density at radius 2 is 1.94 bits per heavy atom. The Kier molecular flexibility index (Phi) is 3.31. The van der Waals surface area contributed by atoms with Gasteiger partial charge in [-0.15, -0.1) is 0 Å². The molecule has 3 nitrogen and oxygen atoms in total.